The van der Waals surface area contributed by atoms with Gasteiger partial charge in [0, 0.05) is 16.4 Å². The number of amides is 1. The Morgan fingerprint density at radius 2 is 2.00 bits per heavy atom. The summed E-state index contributed by atoms with van der Waals surface area (Å²) in [6, 6.07) is 8.00. The minimum atomic E-state index is 0.0550. The second kappa shape index (κ2) is 5.67. The van der Waals surface area contributed by atoms with E-state index < -0.39 is 0 Å². The van der Waals surface area contributed by atoms with Crippen LogP contribution in [0.25, 0.3) is 0 Å². The lowest BCUT2D eigenvalue weighted by Crippen LogP contribution is -2.42. The van der Waals surface area contributed by atoms with Gasteiger partial charge in [-0.1, -0.05) is 47.0 Å². The summed E-state index contributed by atoms with van der Waals surface area (Å²) < 4.78 is 0. The van der Waals surface area contributed by atoms with Crippen LogP contribution < -0.4 is 5.32 Å². The Morgan fingerprint density at radius 1 is 1.29 bits per heavy atom. The second-order valence-corrected chi connectivity index (χ2v) is 5.87. The van der Waals surface area contributed by atoms with Crippen molar-refractivity contribution in [1.82, 2.24) is 5.32 Å². The van der Waals surface area contributed by atoms with Crippen LogP contribution in [0.3, 0.4) is 0 Å². The van der Waals surface area contributed by atoms with Crippen LogP contribution >= 0.6 is 15.9 Å². The highest BCUT2D eigenvalue weighted by Crippen LogP contribution is 2.24. The first-order valence-corrected chi connectivity index (χ1v) is 7.10. The lowest BCUT2D eigenvalue weighted by molar-refractivity contribution is 0.0929. The normalized spacial score (nSPS) is 24.4. The van der Waals surface area contributed by atoms with E-state index in [0.29, 0.717) is 4.83 Å². The number of carbonyl (C=O) groups excluding carboxylic acids is 1. The van der Waals surface area contributed by atoms with E-state index in [1.54, 1.807) is 0 Å². The zero-order valence-electron chi connectivity index (χ0n) is 10.1. The number of hydrogen-bond acceptors (Lipinski definition) is 1. The van der Waals surface area contributed by atoms with Crippen molar-refractivity contribution in [3.8, 4) is 0 Å². The van der Waals surface area contributed by atoms with E-state index in [1.807, 2.05) is 31.2 Å². The number of aryl methyl sites for hydroxylation is 1. The SMILES string of the molecule is Cc1ccccc1C(=O)NC1CCCCC1Br. The van der Waals surface area contributed by atoms with E-state index in [4.69, 9.17) is 0 Å². The molecule has 17 heavy (non-hydrogen) atoms. The van der Waals surface area contributed by atoms with Crippen LogP contribution in [0.1, 0.15) is 41.6 Å². The molecule has 2 unspecified atom stereocenters. The van der Waals surface area contributed by atoms with E-state index in [0.717, 1.165) is 24.0 Å². The lowest BCUT2D eigenvalue weighted by atomic mass is 9.95. The van der Waals surface area contributed by atoms with E-state index in [1.165, 1.54) is 12.8 Å². The van der Waals surface area contributed by atoms with Gasteiger partial charge < -0.3 is 5.32 Å². The zero-order chi connectivity index (χ0) is 12.3. The quantitative estimate of drug-likeness (QED) is 0.832. The standard InChI is InChI=1S/C14H18BrNO/c1-10-6-2-3-7-11(10)14(17)16-13-9-5-4-8-12(13)15/h2-3,6-7,12-13H,4-5,8-9H2,1H3,(H,16,17). The van der Waals surface area contributed by atoms with Crippen molar-refractivity contribution in [2.45, 2.75) is 43.5 Å². The Kier molecular flexibility index (Phi) is 4.21. The highest BCUT2D eigenvalue weighted by Gasteiger charge is 2.24. The Labute approximate surface area is 111 Å². The molecule has 1 fully saturated rings. The molecule has 0 aliphatic heterocycles. The molecule has 0 bridgehead atoms. The summed E-state index contributed by atoms with van der Waals surface area (Å²) in [5.74, 6) is 0.0550. The number of benzene rings is 1. The summed E-state index contributed by atoms with van der Waals surface area (Å²) in [4.78, 5) is 12.6. The third kappa shape index (κ3) is 3.09. The third-order valence-electron chi connectivity index (χ3n) is 3.39. The topological polar surface area (TPSA) is 29.1 Å². The van der Waals surface area contributed by atoms with Crippen LogP contribution in [0.5, 0.6) is 0 Å². The van der Waals surface area contributed by atoms with Crippen LogP contribution in [-0.2, 0) is 0 Å². The summed E-state index contributed by atoms with van der Waals surface area (Å²) >= 11 is 3.66. The predicted molar refractivity (Wildman–Crippen MR) is 73.6 cm³/mol. The summed E-state index contributed by atoms with van der Waals surface area (Å²) in [5, 5.41) is 3.14. The molecule has 0 spiro atoms. The number of alkyl halides is 1. The van der Waals surface area contributed by atoms with Gasteiger partial charge in [-0.2, -0.15) is 0 Å². The maximum atomic E-state index is 12.1. The molecule has 1 N–H and O–H groups in total. The Balaban J connectivity index is 2.04. The first-order valence-electron chi connectivity index (χ1n) is 6.19. The van der Waals surface area contributed by atoms with Crippen molar-refractivity contribution < 1.29 is 4.79 Å². The largest absolute Gasteiger partial charge is 0.348 e. The number of nitrogens with one attached hydrogen (secondary N) is 1. The average Bonchev–Trinajstić information content (AvgIpc) is 2.32. The molecule has 1 aromatic rings. The van der Waals surface area contributed by atoms with Gasteiger partial charge in [-0.05, 0) is 31.4 Å². The van der Waals surface area contributed by atoms with Gasteiger partial charge in [0.15, 0.2) is 0 Å². The maximum Gasteiger partial charge on any atom is 0.251 e. The fourth-order valence-corrected chi connectivity index (χ4v) is 3.04. The van der Waals surface area contributed by atoms with Crippen LogP contribution in [0.15, 0.2) is 24.3 Å². The number of rotatable bonds is 2. The van der Waals surface area contributed by atoms with Crippen LogP contribution in [-0.4, -0.2) is 16.8 Å². The van der Waals surface area contributed by atoms with Crippen LogP contribution in [0.4, 0.5) is 0 Å². The molecule has 2 nitrogen and oxygen atoms in total. The highest BCUT2D eigenvalue weighted by atomic mass is 79.9. The molecular weight excluding hydrogens is 278 g/mol. The van der Waals surface area contributed by atoms with Crippen molar-refractivity contribution in [3.63, 3.8) is 0 Å². The second-order valence-electron chi connectivity index (χ2n) is 4.70. The predicted octanol–water partition coefficient (Wildman–Crippen LogP) is 3.43. The maximum absolute atomic E-state index is 12.1. The minimum Gasteiger partial charge on any atom is -0.348 e. The van der Waals surface area contributed by atoms with Crippen LogP contribution in [0, 0.1) is 6.92 Å². The van der Waals surface area contributed by atoms with E-state index in [9.17, 15) is 4.79 Å². The Morgan fingerprint density at radius 3 is 2.71 bits per heavy atom. The molecule has 1 saturated carbocycles. The number of carbonyl (C=O) groups is 1. The first kappa shape index (κ1) is 12.6. The molecule has 92 valence electrons. The number of halogens is 1. The molecule has 0 aromatic heterocycles. The summed E-state index contributed by atoms with van der Waals surface area (Å²) in [6.07, 6.45) is 4.69. The molecule has 3 heteroatoms. The molecule has 1 aliphatic carbocycles. The molecule has 0 saturated heterocycles. The molecule has 0 heterocycles. The van der Waals surface area contributed by atoms with Gasteiger partial charge in [-0.15, -0.1) is 0 Å². The van der Waals surface area contributed by atoms with Crippen molar-refractivity contribution >= 4 is 21.8 Å². The molecule has 2 atom stereocenters. The van der Waals surface area contributed by atoms with Gasteiger partial charge in [-0.25, -0.2) is 0 Å². The number of hydrogen-bond donors (Lipinski definition) is 1. The van der Waals surface area contributed by atoms with Gasteiger partial charge in [0.2, 0.25) is 0 Å². The smallest absolute Gasteiger partial charge is 0.251 e. The van der Waals surface area contributed by atoms with Crippen molar-refractivity contribution in [1.29, 1.82) is 0 Å². The van der Waals surface area contributed by atoms with Gasteiger partial charge in [0.25, 0.3) is 5.91 Å². The van der Waals surface area contributed by atoms with Crippen molar-refractivity contribution in [2.75, 3.05) is 0 Å². The van der Waals surface area contributed by atoms with E-state index >= 15 is 0 Å². The molecule has 1 amide bonds. The molecular formula is C14H18BrNO. The van der Waals surface area contributed by atoms with Crippen molar-refractivity contribution in [2.24, 2.45) is 0 Å². The summed E-state index contributed by atoms with van der Waals surface area (Å²) in [7, 11) is 0. The lowest BCUT2D eigenvalue weighted by Gasteiger charge is -2.28. The van der Waals surface area contributed by atoms with Gasteiger partial charge >= 0.3 is 0 Å². The van der Waals surface area contributed by atoms with Crippen LogP contribution in [0.2, 0.25) is 0 Å². The van der Waals surface area contributed by atoms with E-state index in [-0.39, 0.29) is 11.9 Å². The molecule has 2 rings (SSSR count). The fraction of sp³-hybridized carbons (Fsp3) is 0.500. The first-order chi connectivity index (χ1) is 8.18. The summed E-state index contributed by atoms with van der Waals surface area (Å²) in [6.45, 7) is 1.97. The van der Waals surface area contributed by atoms with Gasteiger partial charge in [0.05, 0.1) is 0 Å². The molecule has 1 aromatic carbocycles. The monoisotopic (exact) mass is 295 g/mol. The minimum absolute atomic E-state index is 0.0550. The molecule has 1 aliphatic rings. The van der Waals surface area contributed by atoms with Crippen molar-refractivity contribution in [3.05, 3.63) is 35.4 Å². The Hall–Kier alpha value is -0.830. The summed E-state index contributed by atoms with van der Waals surface area (Å²) in [5.41, 5.74) is 1.82. The zero-order valence-corrected chi connectivity index (χ0v) is 11.7. The van der Waals surface area contributed by atoms with E-state index in [2.05, 4.69) is 21.2 Å². The fourth-order valence-electron chi connectivity index (χ4n) is 2.32. The average molecular weight is 296 g/mol. The van der Waals surface area contributed by atoms with Gasteiger partial charge in [-0.3, -0.25) is 4.79 Å². The van der Waals surface area contributed by atoms with Gasteiger partial charge in [0.1, 0.15) is 0 Å². The highest BCUT2D eigenvalue weighted by molar-refractivity contribution is 9.09. The Bertz CT molecular complexity index is 405. The molecule has 0 radical (unpaired) electrons. The third-order valence-corrected chi connectivity index (χ3v) is 4.48.